The third-order valence-corrected chi connectivity index (χ3v) is 0.1000. The van der Waals surface area contributed by atoms with Crippen LogP contribution in [0.2, 0.25) is 0 Å². The summed E-state index contributed by atoms with van der Waals surface area (Å²) in [6.45, 7) is 10.2. The van der Waals surface area contributed by atoms with E-state index in [4.69, 9.17) is 10.2 Å². The van der Waals surface area contributed by atoms with Crippen LogP contribution in [0, 0.1) is 0 Å². The Morgan fingerprint density at radius 2 is 1.18 bits per heavy atom. The second-order valence-electron chi connectivity index (χ2n) is 1.26. The maximum Gasteiger partial charge on any atom is 1.00 e. The van der Waals surface area contributed by atoms with Crippen LogP contribution in [0.15, 0.2) is 25.3 Å². The Morgan fingerprint density at radius 1 is 1.09 bits per heavy atom. The second kappa shape index (κ2) is 47.5. The van der Waals surface area contributed by atoms with Gasteiger partial charge in [-0.2, -0.15) is 0 Å². The standard InChI is InChI=1S/2C3H6.C2H6O2.Na.H/c2*1-3-2;3-1-2-4;;/h2*3H,1H2,2H3;3-4H,1-2H2;;/q;;;+1;-1. The summed E-state index contributed by atoms with van der Waals surface area (Å²) >= 11 is 0. The van der Waals surface area contributed by atoms with Crippen LogP contribution in [0.5, 0.6) is 0 Å². The van der Waals surface area contributed by atoms with Gasteiger partial charge in [-0.1, -0.05) is 12.2 Å². The normalized spacial score (nSPS) is 5.09. The van der Waals surface area contributed by atoms with E-state index in [-0.39, 0.29) is 44.2 Å². The van der Waals surface area contributed by atoms with Crippen molar-refractivity contribution in [3.63, 3.8) is 0 Å². The van der Waals surface area contributed by atoms with Crippen LogP contribution >= 0.6 is 0 Å². The molecule has 0 aromatic rings. The summed E-state index contributed by atoms with van der Waals surface area (Å²) in [4.78, 5) is 0. The Bertz CT molecular complexity index is 53.0. The first-order valence-corrected chi connectivity index (χ1v) is 3.10. The largest absolute Gasteiger partial charge is 1.00 e. The number of hydrogen-bond donors (Lipinski definition) is 2. The Morgan fingerprint density at radius 3 is 1.18 bits per heavy atom. The molecule has 0 aliphatic heterocycles. The summed E-state index contributed by atoms with van der Waals surface area (Å²) in [7, 11) is 0. The molecule has 64 valence electrons. The summed E-state index contributed by atoms with van der Waals surface area (Å²) in [5, 5.41) is 15.2. The predicted molar refractivity (Wildman–Crippen MR) is 47.0 cm³/mol. The van der Waals surface area contributed by atoms with E-state index in [0.29, 0.717) is 0 Å². The maximum atomic E-state index is 7.62. The van der Waals surface area contributed by atoms with Crippen LogP contribution in [0.3, 0.4) is 0 Å². The fourth-order valence-electron chi connectivity index (χ4n) is 0. The molecule has 0 radical (unpaired) electrons. The van der Waals surface area contributed by atoms with E-state index in [0.717, 1.165) is 0 Å². The Labute approximate surface area is 93.4 Å². The minimum atomic E-state index is -0.125. The summed E-state index contributed by atoms with van der Waals surface area (Å²) in [6.07, 6.45) is 3.50. The molecule has 0 saturated heterocycles. The molecule has 0 aromatic carbocycles. The molecular formula is C8H19NaO2. The van der Waals surface area contributed by atoms with Gasteiger partial charge >= 0.3 is 29.6 Å². The topological polar surface area (TPSA) is 40.5 Å². The first-order valence-electron chi connectivity index (χ1n) is 3.10. The molecule has 0 unspecified atom stereocenters. The first kappa shape index (κ1) is 22.5. The average molecular weight is 170 g/mol. The predicted octanol–water partition coefficient (Wildman–Crippen LogP) is -1.53. The van der Waals surface area contributed by atoms with Crippen molar-refractivity contribution < 1.29 is 41.2 Å². The van der Waals surface area contributed by atoms with Crippen molar-refractivity contribution in [3.05, 3.63) is 25.3 Å². The minimum Gasteiger partial charge on any atom is -1.00 e. The number of aliphatic hydroxyl groups is 2. The van der Waals surface area contributed by atoms with Crippen LogP contribution in [-0.2, 0) is 0 Å². The third-order valence-electron chi connectivity index (χ3n) is 0.1000. The molecule has 2 nitrogen and oxygen atoms in total. The fraction of sp³-hybridized carbons (Fsp3) is 0.500. The van der Waals surface area contributed by atoms with Crippen molar-refractivity contribution in [2.24, 2.45) is 0 Å². The molecule has 0 fully saturated rings. The molecule has 0 bridgehead atoms. The molecule has 0 spiro atoms. The van der Waals surface area contributed by atoms with E-state index < -0.39 is 0 Å². The van der Waals surface area contributed by atoms with Gasteiger partial charge in [-0.3, -0.25) is 0 Å². The Kier molecular flexibility index (Phi) is 97.2. The van der Waals surface area contributed by atoms with Crippen molar-refractivity contribution in [2.45, 2.75) is 13.8 Å². The minimum absolute atomic E-state index is 0. The summed E-state index contributed by atoms with van der Waals surface area (Å²) in [5.74, 6) is 0. The zero-order chi connectivity index (χ0) is 8.83. The van der Waals surface area contributed by atoms with Crippen LogP contribution < -0.4 is 29.6 Å². The second-order valence-corrected chi connectivity index (χ2v) is 1.26. The van der Waals surface area contributed by atoms with Crippen molar-refractivity contribution in [2.75, 3.05) is 13.2 Å². The van der Waals surface area contributed by atoms with Crippen molar-refractivity contribution in [1.82, 2.24) is 0 Å². The number of allylic oxidation sites excluding steroid dienone is 2. The first-order chi connectivity index (χ1) is 4.74. The van der Waals surface area contributed by atoms with Gasteiger partial charge in [0.05, 0.1) is 13.2 Å². The Balaban J connectivity index is -0.0000000191. The molecule has 0 atom stereocenters. The van der Waals surface area contributed by atoms with Crippen LogP contribution in [-0.4, -0.2) is 23.4 Å². The quantitative estimate of drug-likeness (QED) is 0.370. The van der Waals surface area contributed by atoms with E-state index in [2.05, 4.69) is 13.2 Å². The van der Waals surface area contributed by atoms with Gasteiger partial charge in [-0.15, -0.1) is 13.2 Å². The summed E-state index contributed by atoms with van der Waals surface area (Å²) < 4.78 is 0. The van der Waals surface area contributed by atoms with Gasteiger partial charge in [0.15, 0.2) is 0 Å². The van der Waals surface area contributed by atoms with E-state index in [1.807, 2.05) is 13.8 Å². The molecule has 0 heterocycles. The van der Waals surface area contributed by atoms with E-state index in [1.54, 1.807) is 12.2 Å². The van der Waals surface area contributed by atoms with Gasteiger partial charge in [0, 0.05) is 0 Å². The van der Waals surface area contributed by atoms with Crippen LogP contribution in [0.25, 0.3) is 0 Å². The molecule has 0 aliphatic rings. The molecule has 3 heteroatoms. The zero-order valence-corrected chi connectivity index (χ0v) is 9.88. The van der Waals surface area contributed by atoms with Gasteiger partial charge in [-0.05, 0) is 13.8 Å². The van der Waals surface area contributed by atoms with Gasteiger partial charge in [0.25, 0.3) is 0 Å². The van der Waals surface area contributed by atoms with E-state index in [9.17, 15) is 0 Å². The number of rotatable bonds is 1. The number of aliphatic hydroxyl groups excluding tert-OH is 2. The van der Waals surface area contributed by atoms with Gasteiger partial charge in [-0.25, -0.2) is 0 Å². The third kappa shape index (κ3) is 374. The molecular weight excluding hydrogens is 151 g/mol. The van der Waals surface area contributed by atoms with Crippen molar-refractivity contribution in [3.8, 4) is 0 Å². The number of hydrogen-bond acceptors (Lipinski definition) is 2. The smallest absolute Gasteiger partial charge is 1.00 e. The monoisotopic (exact) mass is 170 g/mol. The van der Waals surface area contributed by atoms with Crippen molar-refractivity contribution >= 4 is 0 Å². The zero-order valence-electron chi connectivity index (χ0n) is 8.88. The molecule has 0 rings (SSSR count). The molecule has 0 saturated carbocycles. The summed E-state index contributed by atoms with van der Waals surface area (Å²) in [5.41, 5.74) is 0. The summed E-state index contributed by atoms with van der Waals surface area (Å²) in [6, 6.07) is 0. The van der Waals surface area contributed by atoms with Gasteiger partial charge in [0.1, 0.15) is 0 Å². The Hall–Kier alpha value is 0.400. The SMILES string of the molecule is C=CC.C=CC.OCCO.[H-].[Na+]. The van der Waals surface area contributed by atoms with E-state index >= 15 is 0 Å². The van der Waals surface area contributed by atoms with Gasteiger partial charge < -0.3 is 11.6 Å². The van der Waals surface area contributed by atoms with Crippen LogP contribution in [0.4, 0.5) is 0 Å². The molecule has 11 heavy (non-hydrogen) atoms. The van der Waals surface area contributed by atoms with Crippen LogP contribution in [0.1, 0.15) is 15.3 Å². The molecule has 0 amide bonds. The van der Waals surface area contributed by atoms with E-state index in [1.165, 1.54) is 0 Å². The fourth-order valence-corrected chi connectivity index (χ4v) is 0. The van der Waals surface area contributed by atoms with Crippen molar-refractivity contribution in [1.29, 1.82) is 0 Å². The van der Waals surface area contributed by atoms with Gasteiger partial charge in [0.2, 0.25) is 0 Å². The molecule has 0 aliphatic carbocycles. The molecule has 2 N–H and O–H groups in total. The molecule has 0 aromatic heterocycles. The average Bonchev–Trinajstić information content (AvgIpc) is 1.91. The maximum absolute atomic E-state index is 7.62.